The van der Waals surface area contributed by atoms with Crippen molar-refractivity contribution in [1.29, 1.82) is 0 Å². The minimum absolute atomic E-state index is 0.588. The minimum atomic E-state index is 0.588. The predicted molar refractivity (Wildman–Crippen MR) is 86.1 cm³/mol. The van der Waals surface area contributed by atoms with Gasteiger partial charge in [0, 0.05) is 34.1 Å². The van der Waals surface area contributed by atoms with Gasteiger partial charge in [-0.15, -0.1) is 11.3 Å². The van der Waals surface area contributed by atoms with Crippen LogP contribution in [0.25, 0.3) is 10.6 Å². The van der Waals surface area contributed by atoms with Crippen LogP contribution in [0.1, 0.15) is 19.8 Å². The van der Waals surface area contributed by atoms with Gasteiger partial charge in [-0.2, -0.15) is 11.8 Å². The van der Waals surface area contributed by atoms with E-state index in [9.17, 15) is 0 Å². The zero-order valence-electron chi connectivity index (χ0n) is 11.0. The van der Waals surface area contributed by atoms with Crippen LogP contribution in [0.3, 0.4) is 0 Å². The molecule has 0 aliphatic carbocycles. The number of anilines is 1. The van der Waals surface area contributed by atoms with E-state index in [2.05, 4.69) is 53.3 Å². The van der Waals surface area contributed by atoms with Crippen LogP contribution < -0.4 is 5.32 Å². The third-order valence-corrected chi connectivity index (χ3v) is 5.70. The monoisotopic (exact) mass is 290 g/mol. The normalized spacial score (nSPS) is 23.2. The van der Waals surface area contributed by atoms with Crippen molar-refractivity contribution < 1.29 is 0 Å². The van der Waals surface area contributed by atoms with Crippen molar-refractivity contribution in [1.82, 2.24) is 4.98 Å². The number of hydrogen-bond donors (Lipinski definition) is 1. The molecule has 100 valence electrons. The van der Waals surface area contributed by atoms with Crippen molar-refractivity contribution in [3.05, 3.63) is 35.8 Å². The van der Waals surface area contributed by atoms with Crippen molar-refractivity contribution >= 4 is 28.8 Å². The number of benzene rings is 1. The Morgan fingerprint density at radius 2 is 2.32 bits per heavy atom. The van der Waals surface area contributed by atoms with E-state index < -0.39 is 0 Å². The second kappa shape index (κ2) is 5.97. The Morgan fingerprint density at radius 1 is 1.37 bits per heavy atom. The summed E-state index contributed by atoms with van der Waals surface area (Å²) < 4.78 is 0. The molecule has 1 aromatic heterocycles. The average Bonchev–Trinajstić information content (AvgIpc) is 2.96. The third-order valence-electron chi connectivity index (χ3n) is 3.50. The summed E-state index contributed by atoms with van der Waals surface area (Å²) in [5.74, 6) is 1.30. The Kier molecular flexibility index (Phi) is 4.09. The SMILES string of the molecule is CC1SCCCC1Nc1cccc(-c2nccs2)c1. The zero-order chi connectivity index (χ0) is 13.1. The van der Waals surface area contributed by atoms with Gasteiger partial charge in [-0.1, -0.05) is 19.1 Å². The zero-order valence-corrected chi connectivity index (χ0v) is 12.6. The molecule has 1 aliphatic heterocycles. The van der Waals surface area contributed by atoms with Crippen LogP contribution in [0, 0.1) is 0 Å². The Balaban J connectivity index is 1.76. The first-order valence-corrected chi connectivity index (χ1v) is 8.64. The highest BCUT2D eigenvalue weighted by atomic mass is 32.2. The van der Waals surface area contributed by atoms with Crippen LogP contribution in [-0.4, -0.2) is 22.0 Å². The molecule has 0 spiro atoms. The Bertz CT molecular complexity index is 525. The van der Waals surface area contributed by atoms with Gasteiger partial charge in [-0.25, -0.2) is 4.98 Å². The van der Waals surface area contributed by atoms with E-state index in [0.29, 0.717) is 11.3 Å². The number of thiazole rings is 1. The Hall–Kier alpha value is -1.00. The van der Waals surface area contributed by atoms with Crippen molar-refractivity contribution in [2.24, 2.45) is 0 Å². The molecule has 1 N–H and O–H groups in total. The molecular formula is C15H18N2S2. The molecule has 0 radical (unpaired) electrons. The molecule has 1 saturated heterocycles. The van der Waals surface area contributed by atoms with E-state index in [1.54, 1.807) is 11.3 Å². The largest absolute Gasteiger partial charge is 0.381 e. The Labute approximate surface area is 122 Å². The minimum Gasteiger partial charge on any atom is -0.381 e. The molecule has 0 amide bonds. The average molecular weight is 290 g/mol. The van der Waals surface area contributed by atoms with Crippen molar-refractivity contribution in [3.63, 3.8) is 0 Å². The Morgan fingerprint density at radius 3 is 3.11 bits per heavy atom. The lowest BCUT2D eigenvalue weighted by Crippen LogP contribution is -2.32. The summed E-state index contributed by atoms with van der Waals surface area (Å²) in [6.45, 7) is 2.33. The molecule has 4 heteroatoms. The molecule has 19 heavy (non-hydrogen) atoms. The van der Waals surface area contributed by atoms with Gasteiger partial charge < -0.3 is 5.32 Å². The molecule has 2 unspecified atom stereocenters. The first-order chi connectivity index (χ1) is 9.33. The van der Waals surface area contributed by atoms with Crippen LogP contribution in [0.15, 0.2) is 35.8 Å². The lowest BCUT2D eigenvalue weighted by molar-refractivity contribution is 0.617. The third kappa shape index (κ3) is 3.12. The highest BCUT2D eigenvalue weighted by Crippen LogP contribution is 2.29. The number of thioether (sulfide) groups is 1. The first kappa shape index (κ1) is 13.0. The number of rotatable bonds is 3. The smallest absolute Gasteiger partial charge is 0.123 e. The molecule has 1 aliphatic rings. The topological polar surface area (TPSA) is 24.9 Å². The van der Waals surface area contributed by atoms with Crippen molar-refractivity contribution in [2.45, 2.75) is 31.1 Å². The van der Waals surface area contributed by atoms with E-state index in [0.717, 1.165) is 5.01 Å². The molecule has 1 fully saturated rings. The summed E-state index contributed by atoms with van der Waals surface area (Å²) in [6.07, 6.45) is 4.45. The van der Waals surface area contributed by atoms with Gasteiger partial charge in [-0.05, 0) is 30.7 Å². The first-order valence-electron chi connectivity index (χ1n) is 6.71. The fourth-order valence-electron chi connectivity index (χ4n) is 2.43. The van der Waals surface area contributed by atoms with Gasteiger partial charge >= 0.3 is 0 Å². The lowest BCUT2D eigenvalue weighted by Gasteiger charge is -2.30. The molecule has 2 atom stereocenters. The maximum atomic E-state index is 4.38. The molecule has 0 saturated carbocycles. The van der Waals surface area contributed by atoms with Gasteiger partial charge in [0.05, 0.1) is 0 Å². The summed E-state index contributed by atoms with van der Waals surface area (Å²) in [6, 6.07) is 9.20. The standard InChI is InChI=1S/C15H18N2S2/c1-11-14(6-3-8-18-11)17-13-5-2-4-12(10-13)15-16-7-9-19-15/h2,4-5,7,9-11,14,17H,3,6,8H2,1H3. The highest BCUT2D eigenvalue weighted by molar-refractivity contribution is 8.00. The molecule has 0 bridgehead atoms. The van der Waals surface area contributed by atoms with Crippen LogP contribution in [0.2, 0.25) is 0 Å². The highest BCUT2D eigenvalue weighted by Gasteiger charge is 2.21. The van der Waals surface area contributed by atoms with Gasteiger partial charge in [0.15, 0.2) is 0 Å². The summed E-state index contributed by atoms with van der Waals surface area (Å²) in [4.78, 5) is 4.38. The summed E-state index contributed by atoms with van der Waals surface area (Å²) in [5, 5.41) is 7.50. The number of hydrogen-bond acceptors (Lipinski definition) is 4. The van der Waals surface area contributed by atoms with E-state index in [1.807, 2.05) is 11.6 Å². The van der Waals surface area contributed by atoms with Crippen molar-refractivity contribution in [3.8, 4) is 10.6 Å². The molecule has 2 nitrogen and oxygen atoms in total. The van der Waals surface area contributed by atoms with Crippen LogP contribution in [0.5, 0.6) is 0 Å². The number of nitrogens with one attached hydrogen (secondary N) is 1. The molecule has 3 rings (SSSR count). The summed E-state index contributed by atoms with van der Waals surface area (Å²) >= 11 is 3.76. The van der Waals surface area contributed by atoms with Crippen LogP contribution in [-0.2, 0) is 0 Å². The van der Waals surface area contributed by atoms with Gasteiger partial charge in [-0.3, -0.25) is 0 Å². The van der Waals surface area contributed by atoms with E-state index in [-0.39, 0.29) is 0 Å². The van der Waals surface area contributed by atoms with Crippen molar-refractivity contribution in [2.75, 3.05) is 11.1 Å². The van der Waals surface area contributed by atoms with E-state index in [4.69, 9.17) is 0 Å². The summed E-state index contributed by atoms with van der Waals surface area (Å²) in [7, 11) is 0. The number of aromatic nitrogens is 1. The second-order valence-corrected chi connectivity index (χ2v) is 7.27. The molecule has 1 aromatic carbocycles. The number of nitrogens with zero attached hydrogens (tertiary/aromatic N) is 1. The van der Waals surface area contributed by atoms with E-state index in [1.165, 1.54) is 29.8 Å². The molecule has 2 heterocycles. The van der Waals surface area contributed by atoms with Crippen LogP contribution in [0.4, 0.5) is 5.69 Å². The van der Waals surface area contributed by atoms with Gasteiger partial charge in [0.2, 0.25) is 0 Å². The van der Waals surface area contributed by atoms with Gasteiger partial charge in [0.1, 0.15) is 5.01 Å². The fraction of sp³-hybridized carbons (Fsp3) is 0.400. The molecular weight excluding hydrogens is 272 g/mol. The molecule has 2 aromatic rings. The lowest BCUT2D eigenvalue weighted by atomic mass is 10.1. The van der Waals surface area contributed by atoms with Crippen LogP contribution >= 0.6 is 23.1 Å². The predicted octanol–water partition coefficient (Wildman–Crippen LogP) is 4.51. The fourth-order valence-corrected chi connectivity index (χ4v) is 4.21. The second-order valence-electron chi connectivity index (χ2n) is 4.89. The van der Waals surface area contributed by atoms with E-state index >= 15 is 0 Å². The van der Waals surface area contributed by atoms with Gasteiger partial charge in [0.25, 0.3) is 0 Å². The maximum absolute atomic E-state index is 4.38. The maximum Gasteiger partial charge on any atom is 0.123 e. The summed E-state index contributed by atoms with van der Waals surface area (Å²) in [5.41, 5.74) is 2.42. The quantitative estimate of drug-likeness (QED) is 0.900.